The molecule has 2 heterocycles. The van der Waals surface area contributed by atoms with Gasteiger partial charge in [0.05, 0.1) is 6.42 Å². The van der Waals surface area contributed by atoms with Crippen molar-refractivity contribution in [1.82, 2.24) is 4.90 Å². The van der Waals surface area contributed by atoms with E-state index in [0.29, 0.717) is 6.42 Å². The lowest BCUT2D eigenvalue weighted by molar-refractivity contribution is -0.186. The summed E-state index contributed by atoms with van der Waals surface area (Å²) in [5.74, 6) is -0.238. The van der Waals surface area contributed by atoms with Crippen LogP contribution in [0.2, 0.25) is 0 Å². The van der Waals surface area contributed by atoms with Gasteiger partial charge in [-0.25, -0.2) is 0 Å². The van der Waals surface area contributed by atoms with E-state index in [-0.39, 0.29) is 18.2 Å². The van der Waals surface area contributed by atoms with E-state index in [9.17, 15) is 9.59 Å². The first-order valence-electron chi connectivity index (χ1n) is 5.03. The molecule has 14 heavy (non-hydrogen) atoms. The fourth-order valence-electron chi connectivity index (χ4n) is 2.18. The van der Waals surface area contributed by atoms with E-state index < -0.39 is 5.72 Å². The highest BCUT2D eigenvalue weighted by atomic mass is 16.6. The molecule has 1 radical (unpaired) electrons. The summed E-state index contributed by atoms with van der Waals surface area (Å²) in [6.07, 6.45) is 3.18. The summed E-state index contributed by atoms with van der Waals surface area (Å²) < 4.78 is 5.23. The van der Waals surface area contributed by atoms with Gasteiger partial charge in [-0.15, -0.1) is 0 Å². The van der Waals surface area contributed by atoms with Crippen molar-refractivity contribution in [2.75, 3.05) is 13.1 Å². The number of ether oxygens (including phenoxy) is 1. The summed E-state index contributed by atoms with van der Waals surface area (Å²) in [6, 6.07) is 0. The number of carbonyl (C=O) groups is 2. The van der Waals surface area contributed by atoms with Gasteiger partial charge in [-0.2, -0.15) is 0 Å². The van der Waals surface area contributed by atoms with E-state index >= 15 is 0 Å². The van der Waals surface area contributed by atoms with Crippen molar-refractivity contribution in [2.24, 2.45) is 0 Å². The van der Waals surface area contributed by atoms with Gasteiger partial charge in [0.15, 0.2) is 5.78 Å². The molecule has 0 aromatic rings. The standard InChI is InChI=1S/C10H14NO3/c1-2-11-7-3-6-10(11)8(12)4-5-9(13)14-10/h6H,2-5,7H2,1H3. The molecule has 0 aromatic heterocycles. The van der Waals surface area contributed by atoms with E-state index in [2.05, 4.69) is 0 Å². The fourth-order valence-corrected chi connectivity index (χ4v) is 2.18. The molecule has 0 aromatic carbocycles. The Morgan fingerprint density at radius 1 is 1.50 bits per heavy atom. The Kier molecular flexibility index (Phi) is 2.31. The van der Waals surface area contributed by atoms with E-state index in [1.807, 2.05) is 18.2 Å². The molecule has 4 heteroatoms. The monoisotopic (exact) mass is 196 g/mol. The zero-order chi connectivity index (χ0) is 10.2. The second-order valence-corrected chi connectivity index (χ2v) is 3.67. The molecule has 2 saturated heterocycles. The lowest BCUT2D eigenvalue weighted by atomic mass is 9.98. The number of Topliss-reactive ketones (excluding diaryl/α,β-unsaturated/α-hetero) is 1. The molecular formula is C10H14NO3. The van der Waals surface area contributed by atoms with Crippen LogP contribution in [0.4, 0.5) is 0 Å². The van der Waals surface area contributed by atoms with Crippen LogP contribution in [0.5, 0.6) is 0 Å². The molecule has 0 amide bonds. The Labute approximate surface area is 83.2 Å². The Morgan fingerprint density at radius 2 is 2.29 bits per heavy atom. The Bertz CT molecular complexity index is 277. The van der Waals surface area contributed by atoms with E-state index in [4.69, 9.17) is 4.74 Å². The molecule has 1 atom stereocenters. The third-order valence-electron chi connectivity index (χ3n) is 2.90. The van der Waals surface area contributed by atoms with Gasteiger partial charge in [0.2, 0.25) is 5.72 Å². The largest absolute Gasteiger partial charge is 0.436 e. The minimum atomic E-state index is -1.01. The van der Waals surface area contributed by atoms with Crippen molar-refractivity contribution >= 4 is 11.8 Å². The average Bonchev–Trinajstić information content (AvgIpc) is 2.56. The summed E-state index contributed by atoms with van der Waals surface area (Å²) in [6.45, 7) is 3.50. The third-order valence-corrected chi connectivity index (χ3v) is 2.90. The summed E-state index contributed by atoms with van der Waals surface area (Å²) in [7, 11) is 0. The number of nitrogens with zero attached hydrogens (tertiary/aromatic N) is 1. The predicted molar refractivity (Wildman–Crippen MR) is 49.2 cm³/mol. The van der Waals surface area contributed by atoms with Crippen molar-refractivity contribution in [1.29, 1.82) is 0 Å². The van der Waals surface area contributed by atoms with Gasteiger partial charge < -0.3 is 4.74 Å². The normalized spacial score (nSPS) is 33.8. The molecule has 2 rings (SSSR count). The van der Waals surface area contributed by atoms with Gasteiger partial charge in [-0.3, -0.25) is 14.5 Å². The van der Waals surface area contributed by atoms with Crippen LogP contribution in [-0.2, 0) is 14.3 Å². The van der Waals surface area contributed by atoms with Crippen molar-refractivity contribution < 1.29 is 14.3 Å². The van der Waals surface area contributed by atoms with Crippen LogP contribution in [-0.4, -0.2) is 35.5 Å². The molecule has 77 valence electrons. The van der Waals surface area contributed by atoms with Gasteiger partial charge in [-0.05, 0) is 13.0 Å². The first-order chi connectivity index (χ1) is 6.69. The van der Waals surface area contributed by atoms with Crippen LogP contribution >= 0.6 is 0 Å². The fraction of sp³-hybridized carbons (Fsp3) is 0.700. The highest BCUT2D eigenvalue weighted by Crippen LogP contribution is 2.34. The van der Waals surface area contributed by atoms with Crippen molar-refractivity contribution in [2.45, 2.75) is 31.9 Å². The molecule has 0 saturated carbocycles. The van der Waals surface area contributed by atoms with Crippen LogP contribution in [0.1, 0.15) is 26.2 Å². The SMILES string of the molecule is CCN1CC[CH]C12OC(=O)CCC2=O. The maximum Gasteiger partial charge on any atom is 0.308 e. The third kappa shape index (κ3) is 1.25. The Morgan fingerprint density at radius 3 is 3.00 bits per heavy atom. The second kappa shape index (κ2) is 3.35. The molecule has 1 unspecified atom stereocenters. The lowest BCUT2D eigenvalue weighted by Crippen LogP contribution is -2.56. The number of hydrogen-bond donors (Lipinski definition) is 0. The van der Waals surface area contributed by atoms with E-state index in [1.54, 1.807) is 0 Å². The van der Waals surface area contributed by atoms with Gasteiger partial charge in [0.1, 0.15) is 0 Å². The molecule has 2 aliphatic heterocycles. The number of esters is 1. The van der Waals surface area contributed by atoms with Crippen LogP contribution in [0.3, 0.4) is 0 Å². The van der Waals surface area contributed by atoms with Crippen molar-refractivity contribution in [3.8, 4) is 0 Å². The second-order valence-electron chi connectivity index (χ2n) is 3.67. The van der Waals surface area contributed by atoms with Crippen molar-refractivity contribution in [3.63, 3.8) is 0 Å². The number of ketones is 1. The van der Waals surface area contributed by atoms with Crippen LogP contribution < -0.4 is 0 Å². The smallest absolute Gasteiger partial charge is 0.308 e. The van der Waals surface area contributed by atoms with E-state index in [0.717, 1.165) is 19.5 Å². The minimum absolute atomic E-state index is 0.0245. The first-order valence-corrected chi connectivity index (χ1v) is 5.03. The van der Waals surface area contributed by atoms with Crippen LogP contribution in [0.15, 0.2) is 0 Å². The van der Waals surface area contributed by atoms with Gasteiger partial charge in [0.25, 0.3) is 0 Å². The molecule has 0 aliphatic carbocycles. The zero-order valence-electron chi connectivity index (χ0n) is 8.28. The highest BCUT2D eigenvalue weighted by molar-refractivity contribution is 5.95. The van der Waals surface area contributed by atoms with Crippen LogP contribution in [0.25, 0.3) is 0 Å². The van der Waals surface area contributed by atoms with E-state index in [1.165, 1.54) is 0 Å². The van der Waals surface area contributed by atoms with Crippen molar-refractivity contribution in [3.05, 3.63) is 6.42 Å². The maximum atomic E-state index is 11.8. The van der Waals surface area contributed by atoms with Gasteiger partial charge in [-0.1, -0.05) is 6.92 Å². The molecule has 2 fully saturated rings. The van der Waals surface area contributed by atoms with Crippen LogP contribution in [0, 0.1) is 6.42 Å². The average molecular weight is 196 g/mol. The Balaban J connectivity index is 2.26. The summed E-state index contributed by atoms with van der Waals surface area (Å²) in [5.41, 5.74) is -1.01. The topological polar surface area (TPSA) is 46.6 Å². The number of carbonyl (C=O) groups excluding carboxylic acids is 2. The molecule has 0 N–H and O–H groups in total. The molecule has 4 nitrogen and oxygen atoms in total. The van der Waals surface area contributed by atoms with Gasteiger partial charge >= 0.3 is 5.97 Å². The zero-order valence-corrected chi connectivity index (χ0v) is 8.28. The summed E-state index contributed by atoms with van der Waals surface area (Å²) in [5, 5.41) is 0. The Hall–Kier alpha value is -0.900. The number of rotatable bonds is 1. The number of hydrogen-bond acceptors (Lipinski definition) is 4. The molecule has 2 aliphatic rings. The highest BCUT2D eigenvalue weighted by Gasteiger charge is 2.52. The maximum absolute atomic E-state index is 11.8. The minimum Gasteiger partial charge on any atom is -0.436 e. The quantitative estimate of drug-likeness (QED) is 0.573. The number of likely N-dealkylation sites (tertiary alicyclic amines) is 1. The lowest BCUT2D eigenvalue weighted by Gasteiger charge is -2.38. The molecule has 0 bridgehead atoms. The number of likely N-dealkylation sites (N-methyl/N-ethyl adjacent to an activating group) is 1. The predicted octanol–water partition coefficient (Wildman–Crippen LogP) is 0.519. The van der Waals surface area contributed by atoms with Gasteiger partial charge in [0, 0.05) is 19.4 Å². The summed E-state index contributed by atoms with van der Waals surface area (Å²) >= 11 is 0. The first kappa shape index (κ1) is 9.65. The molecular weight excluding hydrogens is 182 g/mol. The molecule has 1 spiro atoms. The summed E-state index contributed by atoms with van der Waals surface area (Å²) in [4.78, 5) is 24.9.